The molecule has 7 nitrogen and oxygen atoms in total. The van der Waals surface area contributed by atoms with Crippen LogP contribution in [0.5, 0.6) is 0 Å². The van der Waals surface area contributed by atoms with E-state index >= 15 is 0 Å². The molecule has 2 aromatic heterocycles. The first-order valence-corrected chi connectivity index (χ1v) is 9.73. The fourth-order valence-electron chi connectivity index (χ4n) is 3.43. The van der Waals surface area contributed by atoms with Gasteiger partial charge in [0.05, 0.1) is 11.4 Å². The SMILES string of the molecule is Cc1cc(NC(=O)COC(=O)Cn2c(C)cc3ccccc32)n(-c2ccc(F)cc2)n1. The van der Waals surface area contributed by atoms with Gasteiger partial charge >= 0.3 is 5.97 Å². The summed E-state index contributed by atoms with van der Waals surface area (Å²) in [5.74, 6) is -0.971. The third-order valence-corrected chi connectivity index (χ3v) is 4.84. The van der Waals surface area contributed by atoms with Crippen LogP contribution >= 0.6 is 0 Å². The Hall–Kier alpha value is -3.94. The molecule has 4 rings (SSSR count). The number of nitrogens with one attached hydrogen (secondary N) is 1. The number of anilines is 1. The monoisotopic (exact) mass is 420 g/mol. The third-order valence-electron chi connectivity index (χ3n) is 4.84. The lowest BCUT2D eigenvalue weighted by Crippen LogP contribution is -2.24. The van der Waals surface area contributed by atoms with Crippen molar-refractivity contribution in [3.05, 3.63) is 77.9 Å². The maximum absolute atomic E-state index is 13.2. The highest BCUT2D eigenvalue weighted by atomic mass is 19.1. The molecule has 8 heteroatoms. The number of benzene rings is 2. The van der Waals surface area contributed by atoms with Crippen LogP contribution in [0.25, 0.3) is 16.6 Å². The van der Waals surface area contributed by atoms with Crippen molar-refractivity contribution < 1.29 is 18.7 Å². The summed E-state index contributed by atoms with van der Waals surface area (Å²) in [5, 5.41) is 8.04. The first kappa shape index (κ1) is 20.3. The van der Waals surface area contributed by atoms with E-state index in [-0.39, 0.29) is 12.4 Å². The molecule has 0 aliphatic carbocycles. The van der Waals surface area contributed by atoms with Gasteiger partial charge in [-0.1, -0.05) is 18.2 Å². The Morgan fingerprint density at radius 3 is 2.58 bits per heavy atom. The number of carbonyl (C=O) groups is 2. The molecule has 0 spiro atoms. The zero-order valence-electron chi connectivity index (χ0n) is 17.1. The molecule has 158 valence electrons. The van der Waals surface area contributed by atoms with Crippen LogP contribution in [0.15, 0.2) is 60.7 Å². The lowest BCUT2D eigenvalue weighted by atomic mass is 10.2. The maximum Gasteiger partial charge on any atom is 0.326 e. The topological polar surface area (TPSA) is 78.1 Å². The summed E-state index contributed by atoms with van der Waals surface area (Å²) >= 11 is 0. The minimum Gasteiger partial charge on any atom is -0.454 e. The molecule has 0 unspecified atom stereocenters. The number of carbonyl (C=O) groups excluding carboxylic acids is 2. The van der Waals surface area contributed by atoms with Gasteiger partial charge in [0, 0.05) is 17.3 Å². The number of aryl methyl sites for hydroxylation is 2. The summed E-state index contributed by atoms with van der Waals surface area (Å²) < 4.78 is 21.7. The number of hydrogen-bond acceptors (Lipinski definition) is 4. The van der Waals surface area contributed by atoms with Crippen molar-refractivity contribution >= 4 is 28.6 Å². The summed E-state index contributed by atoms with van der Waals surface area (Å²) in [4.78, 5) is 24.7. The zero-order valence-corrected chi connectivity index (χ0v) is 17.1. The highest BCUT2D eigenvalue weighted by Crippen LogP contribution is 2.19. The lowest BCUT2D eigenvalue weighted by Gasteiger charge is -2.10. The molecule has 4 aromatic rings. The summed E-state index contributed by atoms with van der Waals surface area (Å²) in [6.07, 6.45) is 0. The van der Waals surface area contributed by atoms with Crippen LogP contribution in [-0.2, 0) is 20.9 Å². The van der Waals surface area contributed by atoms with Crippen LogP contribution in [0.4, 0.5) is 10.2 Å². The fourth-order valence-corrected chi connectivity index (χ4v) is 3.43. The second kappa shape index (κ2) is 8.43. The van der Waals surface area contributed by atoms with Gasteiger partial charge in [-0.15, -0.1) is 0 Å². The number of fused-ring (bicyclic) bond motifs is 1. The fraction of sp³-hybridized carbons (Fsp3) is 0.174. The average molecular weight is 420 g/mol. The second-order valence-electron chi connectivity index (χ2n) is 7.20. The van der Waals surface area contributed by atoms with Gasteiger partial charge in [0.25, 0.3) is 5.91 Å². The van der Waals surface area contributed by atoms with Gasteiger partial charge < -0.3 is 14.6 Å². The Balaban J connectivity index is 1.39. The third kappa shape index (κ3) is 4.48. The zero-order chi connectivity index (χ0) is 22.0. The van der Waals surface area contributed by atoms with E-state index in [1.165, 1.54) is 16.8 Å². The van der Waals surface area contributed by atoms with E-state index < -0.39 is 18.5 Å². The molecule has 1 N–H and O–H groups in total. The van der Waals surface area contributed by atoms with Crippen molar-refractivity contribution in [2.45, 2.75) is 20.4 Å². The Labute approximate surface area is 178 Å². The molecular weight excluding hydrogens is 399 g/mol. The predicted molar refractivity (Wildman–Crippen MR) is 115 cm³/mol. The number of hydrogen-bond donors (Lipinski definition) is 1. The van der Waals surface area contributed by atoms with Crippen LogP contribution in [0, 0.1) is 19.7 Å². The Morgan fingerprint density at radius 2 is 1.81 bits per heavy atom. The van der Waals surface area contributed by atoms with Gasteiger partial charge in [0.15, 0.2) is 6.61 Å². The van der Waals surface area contributed by atoms with E-state index in [0.29, 0.717) is 17.2 Å². The maximum atomic E-state index is 13.2. The number of ether oxygens (including phenoxy) is 1. The van der Waals surface area contributed by atoms with Crippen molar-refractivity contribution in [2.24, 2.45) is 0 Å². The van der Waals surface area contributed by atoms with Gasteiger partial charge in [0.1, 0.15) is 18.2 Å². The molecule has 0 aliphatic heterocycles. The number of amides is 1. The van der Waals surface area contributed by atoms with E-state index in [4.69, 9.17) is 4.74 Å². The minimum atomic E-state index is -0.511. The number of halogens is 1. The standard InChI is InChI=1S/C23H21FN4O3/c1-15-11-21(28(26-15)19-9-7-18(24)8-10-19)25-22(29)14-31-23(30)13-27-16(2)12-17-5-3-4-6-20(17)27/h3-12H,13-14H2,1-2H3,(H,25,29). The van der Waals surface area contributed by atoms with Crippen molar-refractivity contribution in [1.29, 1.82) is 0 Å². The second-order valence-corrected chi connectivity index (χ2v) is 7.20. The van der Waals surface area contributed by atoms with Crippen LogP contribution in [-0.4, -0.2) is 32.8 Å². The predicted octanol–water partition coefficient (Wildman–Crippen LogP) is 3.76. The molecule has 0 saturated carbocycles. The van der Waals surface area contributed by atoms with Crippen molar-refractivity contribution in [3.63, 3.8) is 0 Å². The van der Waals surface area contributed by atoms with Crippen LogP contribution in [0.2, 0.25) is 0 Å². The first-order valence-electron chi connectivity index (χ1n) is 9.73. The Morgan fingerprint density at radius 1 is 1.06 bits per heavy atom. The Bertz CT molecular complexity index is 1260. The Kier molecular flexibility index (Phi) is 5.53. The van der Waals surface area contributed by atoms with E-state index in [0.717, 1.165) is 16.6 Å². The highest BCUT2D eigenvalue weighted by Gasteiger charge is 2.15. The molecule has 0 aliphatic rings. The smallest absolute Gasteiger partial charge is 0.326 e. The molecule has 0 bridgehead atoms. The number of rotatable bonds is 6. The normalized spacial score (nSPS) is 10.9. The molecule has 0 radical (unpaired) electrons. The van der Waals surface area contributed by atoms with E-state index in [9.17, 15) is 14.0 Å². The van der Waals surface area contributed by atoms with Gasteiger partial charge in [-0.2, -0.15) is 5.10 Å². The summed E-state index contributed by atoms with van der Waals surface area (Å²) in [6, 6.07) is 17.2. The lowest BCUT2D eigenvalue weighted by molar-refractivity contribution is -0.147. The van der Waals surface area contributed by atoms with Gasteiger partial charge in [0.2, 0.25) is 0 Å². The highest BCUT2D eigenvalue weighted by molar-refractivity contribution is 5.92. The van der Waals surface area contributed by atoms with Crippen molar-refractivity contribution in [1.82, 2.24) is 14.3 Å². The van der Waals surface area contributed by atoms with Crippen LogP contribution in [0.1, 0.15) is 11.4 Å². The van der Waals surface area contributed by atoms with E-state index in [1.807, 2.05) is 41.8 Å². The minimum absolute atomic E-state index is 0.0131. The number of para-hydroxylation sites is 1. The van der Waals surface area contributed by atoms with E-state index in [1.54, 1.807) is 25.1 Å². The van der Waals surface area contributed by atoms with E-state index in [2.05, 4.69) is 10.4 Å². The molecule has 0 atom stereocenters. The van der Waals surface area contributed by atoms with Crippen molar-refractivity contribution in [2.75, 3.05) is 11.9 Å². The van der Waals surface area contributed by atoms with Gasteiger partial charge in [-0.25, -0.2) is 9.07 Å². The average Bonchev–Trinajstić information content (AvgIpc) is 3.26. The summed E-state index contributed by atoms with van der Waals surface area (Å²) in [6.45, 7) is 3.28. The quantitative estimate of drug-likeness (QED) is 0.482. The molecule has 1 amide bonds. The first-order chi connectivity index (χ1) is 14.9. The van der Waals surface area contributed by atoms with Crippen molar-refractivity contribution in [3.8, 4) is 5.69 Å². The molecular formula is C23H21FN4O3. The summed E-state index contributed by atoms with van der Waals surface area (Å²) in [7, 11) is 0. The van der Waals surface area contributed by atoms with Gasteiger partial charge in [-0.3, -0.25) is 9.59 Å². The molecule has 0 fully saturated rings. The summed E-state index contributed by atoms with van der Waals surface area (Å²) in [5.41, 5.74) is 3.13. The molecule has 2 heterocycles. The molecule has 31 heavy (non-hydrogen) atoms. The van der Waals surface area contributed by atoms with Crippen LogP contribution in [0.3, 0.4) is 0 Å². The molecule has 0 saturated heterocycles. The number of esters is 1. The largest absolute Gasteiger partial charge is 0.454 e. The number of aromatic nitrogens is 3. The van der Waals surface area contributed by atoms with Crippen LogP contribution < -0.4 is 5.32 Å². The number of nitrogens with zero attached hydrogens (tertiary/aromatic N) is 3. The molecule has 2 aromatic carbocycles. The van der Waals surface area contributed by atoms with Gasteiger partial charge in [-0.05, 0) is 55.6 Å².